The van der Waals surface area contributed by atoms with E-state index in [0.717, 1.165) is 5.75 Å². The largest absolute Gasteiger partial charge is 0.522 e. The van der Waals surface area contributed by atoms with Crippen LogP contribution in [0.4, 0.5) is 13.2 Å². The maximum absolute atomic E-state index is 10.7. The van der Waals surface area contributed by atoms with Gasteiger partial charge in [0.2, 0.25) is 0 Å². The first-order valence-electron chi connectivity index (χ1n) is 5.21. The maximum atomic E-state index is 10.7. The van der Waals surface area contributed by atoms with Crippen molar-refractivity contribution >= 4 is 20.9 Å². The summed E-state index contributed by atoms with van der Waals surface area (Å²) in [4.78, 5) is 0. The fourth-order valence-electron chi connectivity index (χ4n) is 1.29. The zero-order valence-corrected chi connectivity index (χ0v) is 11.1. The number of ether oxygens (including phenoxy) is 1. The molecule has 1 N–H and O–H groups in total. The van der Waals surface area contributed by atoms with Crippen LogP contribution in [0.25, 0.3) is 10.8 Å². The van der Waals surface area contributed by atoms with Crippen molar-refractivity contribution in [3.63, 3.8) is 0 Å². The number of fused-ring (bicyclic) bond motifs is 1. The second kappa shape index (κ2) is 6.10. The van der Waals surface area contributed by atoms with E-state index in [4.69, 9.17) is 17.7 Å². The number of rotatable bonds is 1. The van der Waals surface area contributed by atoms with Crippen molar-refractivity contribution in [2.24, 2.45) is 0 Å². The Morgan fingerprint density at radius 2 is 1.55 bits per heavy atom. The van der Waals surface area contributed by atoms with Crippen molar-refractivity contribution in [3.8, 4) is 5.75 Å². The van der Waals surface area contributed by atoms with Gasteiger partial charge in [-0.25, -0.2) is 0 Å². The molecular weight excluding hydrogens is 297 g/mol. The number of hydrogen-bond acceptors (Lipinski definition) is 3. The van der Waals surface area contributed by atoms with E-state index in [2.05, 4.69) is 18.2 Å². The van der Waals surface area contributed by atoms with Crippen LogP contribution in [0.3, 0.4) is 0 Å². The Morgan fingerprint density at radius 1 is 1.05 bits per heavy atom. The van der Waals surface area contributed by atoms with Gasteiger partial charge < -0.3 is 4.74 Å². The highest BCUT2D eigenvalue weighted by molar-refractivity contribution is 7.86. The van der Waals surface area contributed by atoms with Gasteiger partial charge in [0.25, 0.3) is 0 Å². The first-order valence-corrected chi connectivity index (χ1v) is 6.65. The number of alkyl halides is 3. The second-order valence-electron chi connectivity index (χ2n) is 3.63. The van der Waals surface area contributed by atoms with Crippen molar-refractivity contribution in [3.05, 3.63) is 42.5 Å². The van der Waals surface area contributed by atoms with E-state index >= 15 is 0 Å². The third-order valence-electron chi connectivity index (χ3n) is 2.25. The van der Waals surface area contributed by atoms with E-state index in [0.29, 0.717) is 0 Å². The third kappa shape index (κ3) is 4.39. The molecule has 0 radical (unpaired) electrons. The first kappa shape index (κ1) is 16.3. The molecule has 0 atom stereocenters. The summed E-state index contributed by atoms with van der Waals surface area (Å²) < 4.78 is 62.7. The van der Waals surface area contributed by atoms with Gasteiger partial charge in [0.15, 0.2) is 0 Å². The molecule has 0 heterocycles. The van der Waals surface area contributed by atoms with Gasteiger partial charge in [-0.15, -0.1) is 0 Å². The monoisotopic (exact) mass is 308 g/mol. The Labute approximate surface area is 113 Å². The van der Waals surface area contributed by atoms with Crippen LogP contribution in [0.2, 0.25) is 0 Å². The lowest BCUT2D eigenvalue weighted by atomic mass is 10.1. The quantitative estimate of drug-likeness (QED) is 0.649. The molecule has 2 aromatic carbocycles. The summed E-state index contributed by atoms with van der Waals surface area (Å²) >= 11 is 0. The van der Waals surface area contributed by atoms with Gasteiger partial charge in [0.05, 0.1) is 7.11 Å². The number of methoxy groups -OCH3 is 1. The van der Waals surface area contributed by atoms with Gasteiger partial charge in [-0.1, -0.05) is 30.3 Å². The Bertz CT molecular complexity index is 680. The van der Waals surface area contributed by atoms with Crippen LogP contribution in [0.15, 0.2) is 42.5 Å². The predicted octanol–water partition coefficient (Wildman–Crippen LogP) is 3.24. The zero-order valence-electron chi connectivity index (χ0n) is 10.3. The smallest absolute Gasteiger partial charge is 0.497 e. The molecule has 0 fully saturated rings. The van der Waals surface area contributed by atoms with Crippen molar-refractivity contribution in [2.75, 3.05) is 7.11 Å². The minimum absolute atomic E-state index is 0.911. The Kier molecular flexibility index (Phi) is 4.96. The van der Waals surface area contributed by atoms with Gasteiger partial charge in [0.1, 0.15) is 5.75 Å². The standard InChI is InChI=1S/C11H10O.CHF3O3S/c1-12-11-7-6-9-4-2-3-5-10(9)8-11;2-1(3,4)8(5,6)7/h2-8H,1H3;(H,5,6,7). The molecule has 0 aliphatic rings. The van der Waals surface area contributed by atoms with Gasteiger partial charge in [-0.3, -0.25) is 4.55 Å². The van der Waals surface area contributed by atoms with Gasteiger partial charge in [-0.05, 0) is 22.9 Å². The van der Waals surface area contributed by atoms with Gasteiger partial charge in [0, 0.05) is 0 Å². The lowest BCUT2D eigenvalue weighted by molar-refractivity contribution is -0.0510. The zero-order chi connectivity index (χ0) is 15.4. The molecule has 0 bridgehead atoms. The Morgan fingerprint density at radius 3 is 2.00 bits per heavy atom. The first-order chi connectivity index (χ1) is 9.15. The normalized spacial score (nSPS) is 11.7. The molecule has 0 aromatic heterocycles. The lowest BCUT2D eigenvalue weighted by Crippen LogP contribution is -2.21. The maximum Gasteiger partial charge on any atom is 0.522 e. The Balaban J connectivity index is 0.000000221. The van der Waals surface area contributed by atoms with E-state index in [1.54, 1.807) is 7.11 Å². The van der Waals surface area contributed by atoms with Crippen LogP contribution in [0.1, 0.15) is 0 Å². The molecule has 0 spiro atoms. The predicted molar refractivity (Wildman–Crippen MR) is 68.1 cm³/mol. The SMILES string of the molecule is COc1ccc2ccccc2c1.O=S(=O)(O)C(F)(F)F. The molecule has 2 rings (SSSR count). The molecule has 0 amide bonds. The molecule has 20 heavy (non-hydrogen) atoms. The average molecular weight is 308 g/mol. The molecular formula is C12H11F3O4S. The van der Waals surface area contributed by atoms with Crippen molar-refractivity contribution in [2.45, 2.75) is 5.51 Å². The van der Waals surface area contributed by atoms with Crippen molar-refractivity contribution in [1.82, 2.24) is 0 Å². The summed E-state index contributed by atoms with van der Waals surface area (Å²) in [6.07, 6.45) is 0. The lowest BCUT2D eigenvalue weighted by Gasteiger charge is -2.00. The summed E-state index contributed by atoms with van der Waals surface area (Å²) in [5.41, 5.74) is -5.53. The van der Waals surface area contributed by atoms with Crippen molar-refractivity contribution < 1.29 is 30.9 Å². The summed E-state index contributed by atoms with van der Waals surface area (Å²) in [6.45, 7) is 0. The van der Waals surface area contributed by atoms with Crippen LogP contribution in [-0.4, -0.2) is 25.6 Å². The van der Waals surface area contributed by atoms with Crippen LogP contribution < -0.4 is 4.74 Å². The highest BCUT2D eigenvalue weighted by atomic mass is 32.2. The average Bonchev–Trinajstić information content (AvgIpc) is 2.36. The molecule has 0 unspecified atom stereocenters. The number of hydrogen-bond donors (Lipinski definition) is 1. The van der Waals surface area contributed by atoms with E-state index in [-0.39, 0.29) is 0 Å². The minimum atomic E-state index is -5.84. The van der Waals surface area contributed by atoms with E-state index in [1.165, 1.54) is 10.8 Å². The summed E-state index contributed by atoms with van der Waals surface area (Å²) in [5, 5.41) is 2.47. The molecule has 110 valence electrons. The Hall–Kier alpha value is -1.80. The van der Waals surface area contributed by atoms with E-state index in [9.17, 15) is 13.2 Å². The summed E-state index contributed by atoms with van der Waals surface area (Å²) in [5.74, 6) is 0.911. The third-order valence-corrected chi connectivity index (χ3v) is 2.83. The van der Waals surface area contributed by atoms with Crippen LogP contribution >= 0.6 is 0 Å². The molecule has 0 aliphatic carbocycles. The number of benzene rings is 2. The molecule has 0 saturated heterocycles. The van der Waals surface area contributed by atoms with Crippen LogP contribution in [-0.2, 0) is 10.1 Å². The van der Waals surface area contributed by atoms with Gasteiger partial charge in [-0.2, -0.15) is 21.6 Å². The van der Waals surface area contributed by atoms with E-state index in [1.807, 2.05) is 24.3 Å². The van der Waals surface area contributed by atoms with Gasteiger partial charge >= 0.3 is 15.6 Å². The van der Waals surface area contributed by atoms with E-state index < -0.39 is 15.6 Å². The van der Waals surface area contributed by atoms with Crippen LogP contribution in [0, 0.1) is 0 Å². The molecule has 0 saturated carbocycles. The van der Waals surface area contributed by atoms with Crippen molar-refractivity contribution in [1.29, 1.82) is 0 Å². The van der Waals surface area contributed by atoms with Crippen LogP contribution in [0.5, 0.6) is 5.75 Å². The summed E-state index contributed by atoms with van der Waals surface area (Å²) in [7, 11) is -4.16. The fourth-order valence-corrected chi connectivity index (χ4v) is 1.29. The number of halogens is 3. The second-order valence-corrected chi connectivity index (χ2v) is 5.05. The minimum Gasteiger partial charge on any atom is -0.497 e. The fraction of sp³-hybridized carbons (Fsp3) is 0.167. The molecule has 2 aromatic rings. The summed E-state index contributed by atoms with van der Waals surface area (Å²) in [6, 6.07) is 14.3. The topological polar surface area (TPSA) is 63.6 Å². The molecule has 0 aliphatic heterocycles. The molecule has 8 heteroatoms. The molecule has 4 nitrogen and oxygen atoms in total. The highest BCUT2D eigenvalue weighted by Crippen LogP contribution is 2.20. The highest BCUT2D eigenvalue weighted by Gasteiger charge is 2.44.